The van der Waals surface area contributed by atoms with E-state index in [1.807, 2.05) is 49.2 Å². The Morgan fingerprint density at radius 1 is 1.32 bits per heavy atom. The van der Waals surface area contributed by atoms with Crippen molar-refractivity contribution in [3.63, 3.8) is 0 Å². The molecule has 25 heavy (non-hydrogen) atoms. The van der Waals surface area contributed by atoms with Crippen molar-refractivity contribution in [3.05, 3.63) is 47.9 Å². The molecule has 0 amide bonds. The normalized spacial score (nSPS) is 17.0. The van der Waals surface area contributed by atoms with Gasteiger partial charge in [0.05, 0.1) is 28.7 Å². The van der Waals surface area contributed by atoms with E-state index in [1.165, 1.54) is 0 Å². The second kappa shape index (κ2) is 6.10. The lowest BCUT2D eigenvalue weighted by molar-refractivity contribution is 0.767. The second-order valence-corrected chi connectivity index (χ2v) is 6.58. The van der Waals surface area contributed by atoms with Crippen molar-refractivity contribution in [2.24, 2.45) is 7.05 Å². The molecule has 1 unspecified atom stereocenters. The van der Waals surface area contributed by atoms with E-state index in [0.29, 0.717) is 11.6 Å². The van der Waals surface area contributed by atoms with Gasteiger partial charge in [-0.1, -0.05) is 18.2 Å². The van der Waals surface area contributed by atoms with Crippen molar-refractivity contribution >= 4 is 22.3 Å². The molecule has 0 aliphatic carbocycles. The lowest BCUT2D eigenvalue weighted by Crippen LogP contribution is -2.26. The summed E-state index contributed by atoms with van der Waals surface area (Å²) in [5.41, 5.74) is 4.70. The molecular weight excluding hydrogens is 312 g/mol. The maximum absolute atomic E-state index is 9.50. The molecule has 1 fully saturated rings. The van der Waals surface area contributed by atoms with Crippen molar-refractivity contribution in [2.75, 3.05) is 23.3 Å². The van der Waals surface area contributed by atoms with E-state index in [4.69, 9.17) is 0 Å². The summed E-state index contributed by atoms with van der Waals surface area (Å²) < 4.78 is 1.82. The Balaban J connectivity index is 1.63. The lowest BCUT2D eigenvalue weighted by Gasteiger charge is -2.19. The van der Waals surface area contributed by atoms with E-state index in [9.17, 15) is 5.26 Å². The average Bonchev–Trinajstić information content (AvgIpc) is 3.24. The zero-order valence-electron chi connectivity index (χ0n) is 14.4. The molecule has 0 spiro atoms. The van der Waals surface area contributed by atoms with E-state index in [0.717, 1.165) is 47.4 Å². The minimum atomic E-state index is 0.290. The largest absolute Gasteiger partial charge is 0.379 e. The van der Waals surface area contributed by atoms with Crippen molar-refractivity contribution in [1.82, 2.24) is 14.8 Å². The summed E-state index contributed by atoms with van der Waals surface area (Å²) in [6.07, 6.45) is 6.63. The molecule has 0 saturated carbocycles. The van der Waals surface area contributed by atoms with Crippen LogP contribution in [0, 0.1) is 18.3 Å². The third-order valence-electron chi connectivity index (χ3n) is 4.81. The van der Waals surface area contributed by atoms with Gasteiger partial charge in [0.1, 0.15) is 6.07 Å². The molecule has 126 valence electrons. The minimum Gasteiger partial charge on any atom is -0.379 e. The Morgan fingerprint density at radius 3 is 2.96 bits per heavy atom. The van der Waals surface area contributed by atoms with Gasteiger partial charge in [-0.05, 0) is 18.9 Å². The molecule has 6 heteroatoms. The van der Waals surface area contributed by atoms with Gasteiger partial charge in [0.2, 0.25) is 0 Å². The Kier molecular flexibility index (Phi) is 3.77. The van der Waals surface area contributed by atoms with Crippen LogP contribution in [0.5, 0.6) is 0 Å². The number of hydrogen-bond donors (Lipinski definition) is 1. The zero-order valence-corrected chi connectivity index (χ0v) is 14.4. The number of anilines is 2. The van der Waals surface area contributed by atoms with E-state index in [-0.39, 0.29) is 0 Å². The van der Waals surface area contributed by atoms with Crippen LogP contribution in [0.2, 0.25) is 0 Å². The van der Waals surface area contributed by atoms with Gasteiger partial charge >= 0.3 is 0 Å². The van der Waals surface area contributed by atoms with Crippen LogP contribution in [-0.4, -0.2) is 33.9 Å². The number of aromatic nitrogens is 3. The molecule has 0 bridgehead atoms. The second-order valence-electron chi connectivity index (χ2n) is 6.58. The molecule has 1 aliphatic heterocycles. The van der Waals surface area contributed by atoms with E-state index < -0.39 is 0 Å². The fourth-order valence-electron chi connectivity index (χ4n) is 3.50. The number of benzene rings is 1. The summed E-state index contributed by atoms with van der Waals surface area (Å²) in [5.74, 6) is 0. The number of aryl methyl sites for hydroxylation is 2. The first-order valence-electron chi connectivity index (χ1n) is 8.44. The van der Waals surface area contributed by atoms with Crippen LogP contribution < -0.4 is 10.2 Å². The number of para-hydroxylation sites is 1. The maximum Gasteiger partial charge on any atom is 0.103 e. The predicted octanol–water partition coefficient (Wildman–Crippen LogP) is 2.84. The first-order valence-corrected chi connectivity index (χ1v) is 8.44. The molecule has 0 radical (unpaired) electrons. The number of hydrogen-bond acceptors (Lipinski definition) is 5. The average molecular weight is 332 g/mol. The number of nitrogens with zero attached hydrogens (tertiary/aromatic N) is 5. The lowest BCUT2D eigenvalue weighted by atomic mass is 10.1. The van der Waals surface area contributed by atoms with Gasteiger partial charge in [-0.3, -0.25) is 9.67 Å². The fraction of sp³-hybridized carbons (Fsp3) is 0.316. The molecule has 1 N–H and O–H groups in total. The topological polar surface area (TPSA) is 69.8 Å². The smallest absolute Gasteiger partial charge is 0.103 e. The van der Waals surface area contributed by atoms with Crippen LogP contribution in [0.1, 0.15) is 17.5 Å². The molecule has 6 nitrogen and oxygen atoms in total. The standard InChI is InChI=1S/C19H20N6/c1-13-4-3-5-17-18(13)21-9-14(8-20)19(17)23-15-6-7-25(11-15)16-10-22-24(2)12-16/h3-5,9-10,12,15H,6-7,11H2,1-2H3,(H,21,23). The molecular formula is C19H20N6. The third-order valence-corrected chi connectivity index (χ3v) is 4.81. The Labute approximate surface area is 146 Å². The van der Waals surface area contributed by atoms with E-state index in [2.05, 4.69) is 26.4 Å². The van der Waals surface area contributed by atoms with E-state index in [1.54, 1.807) is 6.20 Å². The van der Waals surface area contributed by atoms with Gasteiger partial charge in [0.25, 0.3) is 0 Å². The molecule has 3 aromatic rings. The molecule has 2 aromatic heterocycles. The van der Waals surface area contributed by atoms with Crippen molar-refractivity contribution in [1.29, 1.82) is 5.26 Å². The number of rotatable bonds is 3. The van der Waals surface area contributed by atoms with Crippen LogP contribution in [0.15, 0.2) is 36.8 Å². The monoisotopic (exact) mass is 332 g/mol. The van der Waals surface area contributed by atoms with Crippen LogP contribution in [0.4, 0.5) is 11.4 Å². The highest BCUT2D eigenvalue weighted by Gasteiger charge is 2.25. The Morgan fingerprint density at radius 2 is 2.20 bits per heavy atom. The van der Waals surface area contributed by atoms with Crippen LogP contribution in [0.3, 0.4) is 0 Å². The summed E-state index contributed by atoms with van der Waals surface area (Å²) in [6.45, 7) is 3.92. The molecule has 1 aliphatic rings. The molecule has 4 rings (SSSR count). The van der Waals surface area contributed by atoms with Crippen molar-refractivity contribution in [2.45, 2.75) is 19.4 Å². The molecule has 1 aromatic carbocycles. The van der Waals surface area contributed by atoms with Gasteiger partial charge in [-0.15, -0.1) is 0 Å². The SMILES string of the molecule is Cc1cccc2c(NC3CCN(c4cnn(C)c4)C3)c(C#N)cnc12. The molecule has 1 saturated heterocycles. The van der Waals surface area contributed by atoms with Gasteiger partial charge in [-0.25, -0.2) is 0 Å². The highest BCUT2D eigenvalue weighted by molar-refractivity contribution is 5.95. The summed E-state index contributed by atoms with van der Waals surface area (Å²) in [5, 5.41) is 18.4. The predicted molar refractivity (Wildman–Crippen MR) is 98.6 cm³/mol. The summed E-state index contributed by atoms with van der Waals surface area (Å²) in [6, 6.07) is 8.66. The van der Waals surface area contributed by atoms with Crippen LogP contribution in [-0.2, 0) is 7.05 Å². The third kappa shape index (κ3) is 2.78. The highest BCUT2D eigenvalue weighted by Crippen LogP contribution is 2.30. The summed E-state index contributed by atoms with van der Waals surface area (Å²) >= 11 is 0. The summed E-state index contributed by atoms with van der Waals surface area (Å²) in [4.78, 5) is 6.79. The van der Waals surface area contributed by atoms with E-state index >= 15 is 0 Å². The zero-order chi connectivity index (χ0) is 17.4. The summed E-state index contributed by atoms with van der Waals surface area (Å²) in [7, 11) is 1.93. The van der Waals surface area contributed by atoms with Gasteiger partial charge in [-0.2, -0.15) is 10.4 Å². The number of pyridine rings is 1. The Hall–Kier alpha value is -3.07. The first kappa shape index (κ1) is 15.5. The van der Waals surface area contributed by atoms with Crippen molar-refractivity contribution < 1.29 is 0 Å². The maximum atomic E-state index is 9.50. The number of nitriles is 1. The molecule has 3 heterocycles. The highest BCUT2D eigenvalue weighted by atomic mass is 15.3. The number of nitrogens with one attached hydrogen (secondary N) is 1. The first-order chi connectivity index (χ1) is 12.2. The Bertz CT molecular complexity index is 968. The van der Waals surface area contributed by atoms with Gasteiger partial charge in [0.15, 0.2) is 0 Å². The van der Waals surface area contributed by atoms with Crippen molar-refractivity contribution in [3.8, 4) is 6.07 Å². The van der Waals surface area contributed by atoms with Gasteiger partial charge in [0, 0.05) is 44.0 Å². The van der Waals surface area contributed by atoms with Crippen LogP contribution in [0.25, 0.3) is 10.9 Å². The number of fused-ring (bicyclic) bond motifs is 1. The molecule has 1 atom stereocenters. The fourth-order valence-corrected chi connectivity index (χ4v) is 3.50. The minimum absolute atomic E-state index is 0.290. The quantitative estimate of drug-likeness (QED) is 0.799. The van der Waals surface area contributed by atoms with Gasteiger partial charge < -0.3 is 10.2 Å². The van der Waals surface area contributed by atoms with Crippen LogP contribution >= 0.6 is 0 Å².